The van der Waals surface area contributed by atoms with Crippen molar-refractivity contribution in [1.29, 1.82) is 5.26 Å². The molecule has 0 saturated heterocycles. The molecule has 1 aromatic rings. The van der Waals surface area contributed by atoms with Crippen LogP contribution in [0.3, 0.4) is 0 Å². The highest BCUT2D eigenvalue weighted by Gasteiger charge is 2.41. The number of thiazole rings is 1. The van der Waals surface area contributed by atoms with Gasteiger partial charge in [-0.3, -0.25) is 0 Å². The number of hydrogen-bond donors (Lipinski definition) is 1. The van der Waals surface area contributed by atoms with Crippen molar-refractivity contribution in [1.82, 2.24) is 9.71 Å². The van der Waals surface area contributed by atoms with Gasteiger partial charge in [0.1, 0.15) is 5.01 Å². The van der Waals surface area contributed by atoms with Gasteiger partial charge >= 0.3 is 0 Å². The second kappa shape index (κ2) is 7.07. The normalized spacial score (nSPS) is 20.0. The zero-order chi connectivity index (χ0) is 16.2. The van der Waals surface area contributed by atoms with Crippen molar-refractivity contribution >= 4 is 21.4 Å². The molecular formula is C15H23N3O2S2. The molecule has 2 rings (SSSR count). The van der Waals surface area contributed by atoms with E-state index in [0.29, 0.717) is 6.42 Å². The topological polar surface area (TPSA) is 82.8 Å². The van der Waals surface area contributed by atoms with Gasteiger partial charge in [-0.25, -0.2) is 18.1 Å². The molecule has 0 spiro atoms. The number of nitrogens with one attached hydrogen (secondary N) is 1. The molecule has 1 aliphatic carbocycles. The van der Waals surface area contributed by atoms with Gasteiger partial charge < -0.3 is 0 Å². The van der Waals surface area contributed by atoms with E-state index in [1.165, 1.54) is 11.3 Å². The Labute approximate surface area is 136 Å². The number of rotatable bonds is 5. The number of nitrogens with zero attached hydrogens (tertiary/aromatic N) is 2. The summed E-state index contributed by atoms with van der Waals surface area (Å²) in [6.07, 6.45) is 5.97. The average molecular weight is 342 g/mol. The van der Waals surface area contributed by atoms with Crippen LogP contribution in [0.1, 0.15) is 62.6 Å². The average Bonchev–Trinajstić information content (AvgIpc) is 2.77. The second-order valence-electron chi connectivity index (χ2n) is 5.96. The number of hydrogen-bond acceptors (Lipinski definition) is 5. The maximum atomic E-state index is 12.6. The van der Waals surface area contributed by atoms with Crippen molar-refractivity contribution in [3.63, 3.8) is 0 Å². The van der Waals surface area contributed by atoms with Crippen LogP contribution in [0.25, 0.3) is 0 Å². The van der Waals surface area contributed by atoms with E-state index >= 15 is 0 Å². The molecule has 1 aromatic heterocycles. The summed E-state index contributed by atoms with van der Waals surface area (Å²) in [6, 6.07) is 1.90. The van der Waals surface area contributed by atoms with E-state index in [1.807, 2.05) is 18.4 Å². The molecule has 1 atom stereocenters. The largest absolute Gasteiger partial charge is 0.245 e. The Morgan fingerprint density at radius 1 is 1.41 bits per heavy atom. The molecular weight excluding hydrogens is 318 g/mol. The molecule has 1 aliphatic rings. The van der Waals surface area contributed by atoms with Gasteiger partial charge in [-0.1, -0.05) is 32.6 Å². The van der Waals surface area contributed by atoms with Crippen LogP contribution in [0.4, 0.5) is 0 Å². The monoisotopic (exact) mass is 341 g/mol. The Hall–Kier alpha value is -0.970. The van der Waals surface area contributed by atoms with Crippen LogP contribution in [0, 0.1) is 18.3 Å². The van der Waals surface area contributed by atoms with E-state index in [1.54, 1.807) is 6.92 Å². The second-order valence-corrected chi connectivity index (χ2v) is 8.68. The van der Waals surface area contributed by atoms with Crippen molar-refractivity contribution in [2.45, 2.75) is 69.6 Å². The molecule has 0 aliphatic heterocycles. The lowest BCUT2D eigenvalue weighted by Crippen LogP contribution is -2.48. The lowest BCUT2D eigenvalue weighted by Gasteiger charge is -2.32. The number of aromatic nitrogens is 1. The van der Waals surface area contributed by atoms with Gasteiger partial charge in [0.2, 0.25) is 10.0 Å². The summed E-state index contributed by atoms with van der Waals surface area (Å²) < 4.78 is 28.1. The summed E-state index contributed by atoms with van der Waals surface area (Å²) in [4.78, 5) is 4.55. The van der Waals surface area contributed by atoms with Gasteiger partial charge in [0, 0.05) is 11.1 Å². The highest BCUT2D eigenvalue weighted by atomic mass is 32.2. The first-order valence-corrected chi connectivity index (χ1v) is 10.2. The van der Waals surface area contributed by atoms with Gasteiger partial charge in [0.15, 0.2) is 5.25 Å². The Morgan fingerprint density at radius 3 is 2.50 bits per heavy atom. The smallest absolute Gasteiger partial charge is 0.228 e. The quantitative estimate of drug-likeness (QED) is 0.834. The molecule has 1 heterocycles. The number of aryl methyl sites for hydroxylation is 1. The SMILES string of the molecule is CCC(C#N)S(=O)(=O)NC1(c2nc(C)cs2)CCCCCC1. The van der Waals surface area contributed by atoms with E-state index in [-0.39, 0.29) is 0 Å². The lowest BCUT2D eigenvalue weighted by molar-refractivity contribution is 0.340. The molecule has 22 heavy (non-hydrogen) atoms. The Kier molecular flexibility index (Phi) is 5.59. The molecule has 1 N–H and O–H groups in total. The van der Waals surface area contributed by atoms with Crippen molar-refractivity contribution in [2.75, 3.05) is 0 Å². The summed E-state index contributed by atoms with van der Waals surface area (Å²) in [5, 5.41) is 10.9. The van der Waals surface area contributed by atoms with Crippen LogP contribution >= 0.6 is 11.3 Å². The van der Waals surface area contributed by atoms with Crippen LogP contribution in [0.5, 0.6) is 0 Å². The first kappa shape index (κ1) is 17.4. The Bertz CT molecular complexity index is 638. The molecule has 0 radical (unpaired) electrons. The Morgan fingerprint density at radius 2 is 2.05 bits per heavy atom. The van der Waals surface area contributed by atoms with E-state index in [2.05, 4.69) is 9.71 Å². The number of sulfonamides is 1. The predicted octanol–water partition coefficient (Wildman–Crippen LogP) is 3.22. The summed E-state index contributed by atoms with van der Waals surface area (Å²) in [5.74, 6) is 0. The molecule has 0 bridgehead atoms. The first-order valence-electron chi connectivity index (χ1n) is 7.78. The highest BCUT2D eigenvalue weighted by Crippen LogP contribution is 2.38. The van der Waals surface area contributed by atoms with Crippen LogP contribution in [-0.2, 0) is 15.6 Å². The molecule has 5 nitrogen and oxygen atoms in total. The number of nitriles is 1. The van der Waals surface area contributed by atoms with Crippen LogP contribution < -0.4 is 4.72 Å². The van der Waals surface area contributed by atoms with Gasteiger partial charge in [0.05, 0.1) is 11.6 Å². The van der Waals surface area contributed by atoms with Crippen LogP contribution in [-0.4, -0.2) is 18.7 Å². The van der Waals surface area contributed by atoms with Gasteiger partial charge in [-0.2, -0.15) is 5.26 Å². The molecule has 1 fully saturated rings. The molecule has 0 amide bonds. The van der Waals surface area contributed by atoms with Crippen molar-refractivity contribution in [3.05, 3.63) is 16.1 Å². The zero-order valence-electron chi connectivity index (χ0n) is 13.1. The van der Waals surface area contributed by atoms with Gasteiger partial charge in [0.25, 0.3) is 0 Å². The first-order chi connectivity index (χ1) is 10.4. The van der Waals surface area contributed by atoms with Gasteiger partial charge in [-0.15, -0.1) is 11.3 Å². The fourth-order valence-electron chi connectivity index (χ4n) is 2.99. The maximum absolute atomic E-state index is 12.6. The van der Waals surface area contributed by atoms with E-state index in [9.17, 15) is 8.42 Å². The standard InChI is InChI=1S/C15H23N3O2S2/c1-3-13(10-16)22(19,20)18-15(8-6-4-5-7-9-15)14-17-12(2)11-21-14/h11,13,18H,3-9H2,1-2H3. The third kappa shape index (κ3) is 3.67. The fourth-order valence-corrected chi connectivity index (χ4v) is 5.63. The zero-order valence-corrected chi connectivity index (χ0v) is 14.8. The third-order valence-corrected chi connectivity index (χ3v) is 7.24. The fraction of sp³-hybridized carbons (Fsp3) is 0.733. The summed E-state index contributed by atoms with van der Waals surface area (Å²) in [6.45, 7) is 3.64. The van der Waals surface area contributed by atoms with Crippen LogP contribution in [0.15, 0.2) is 5.38 Å². The minimum atomic E-state index is -3.68. The van der Waals surface area contributed by atoms with E-state index in [0.717, 1.165) is 49.2 Å². The third-order valence-electron chi connectivity index (χ3n) is 4.21. The molecule has 0 aromatic carbocycles. The highest BCUT2D eigenvalue weighted by molar-refractivity contribution is 7.90. The minimum Gasteiger partial charge on any atom is -0.245 e. The van der Waals surface area contributed by atoms with Gasteiger partial charge in [-0.05, 0) is 26.2 Å². The molecule has 1 saturated carbocycles. The van der Waals surface area contributed by atoms with E-state index < -0.39 is 20.8 Å². The maximum Gasteiger partial charge on any atom is 0.228 e. The summed E-state index contributed by atoms with van der Waals surface area (Å²) in [7, 11) is -3.68. The molecule has 122 valence electrons. The summed E-state index contributed by atoms with van der Waals surface area (Å²) in [5.41, 5.74) is 0.272. The summed E-state index contributed by atoms with van der Waals surface area (Å²) >= 11 is 1.51. The van der Waals surface area contributed by atoms with Crippen molar-refractivity contribution in [3.8, 4) is 6.07 Å². The minimum absolute atomic E-state index is 0.290. The Balaban J connectivity index is 2.39. The lowest BCUT2D eigenvalue weighted by atomic mass is 9.92. The molecule has 7 heteroatoms. The van der Waals surface area contributed by atoms with Crippen LogP contribution in [0.2, 0.25) is 0 Å². The van der Waals surface area contributed by atoms with E-state index in [4.69, 9.17) is 5.26 Å². The molecule has 1 unspecified atom stereocenters. The van der Waals surface area contributed by atoms with Crippen molar-refractivity contribution < 1.29 is 8.42 Å². The van der Waals surface area contributed by atoms with Crippen molar-refractivity contribution in [2.24, 2.45) is 0 Å². The predicted molar refractivity (Wildman–Crippen MR) is 88.0 cm³/mol.